The van der Waals surface area contributed by atoms with Crippen LogP contribution in [0.15, 0.2) is 47.1 Å². The monoisotopic (exact) mass is 419 g/mol. The number of nitrogens with two attached hydrogens (primary N) is 1. The largest absolute Gasteiger partial charge is 0.477 e. The predicted octanol–water partition coefficient (Wildman–Crippen LogP) is 3.08. The van der Waals surface area contributed by atoms with E-state index in [0.717, 1.165) is 0 Å². The molecular weight excluding hydrogens is 401 g/mol. The maximum Gasteiger partial charge on any atom is 0.259 e. The normalized spacial score (nSPS) is 13.3. The van der Waals surface area contributed by atoms with E-state index in [0.29, 0.717) is 35.4 Å². The third kappa shape index (κ3) is 4.47. The van der Waals surface area contributed by atoms with Crippen LogP contribution in [-0.2, 0) is 6.42 Å². The van der Waals surface area contributed by atoms with Crippen LogP contribution in [0.3, 0.4) is 0 Å². The highest BCUT2D eigenvalue weighted by Gasteiger charge is 2.22. The maximum absolute atomic E-state index is 14.0. The van der Waals surface area contributed by atoms with Crippen molar-refractivity contribution in [2.24, 2.45) is 5.92 Å². The lowest BCUT2D eigenvalue weighted by molar-refractivity contribution is 0.288. The Balaban J connectivity index is 1.35. The van der Waals surface area contributed by atoms with E-state index in [9.17, 15) is 4.39 Å². The van der Waals surface area contributed by atoms with Crippen molar-refractivity contribution in [2.75, 3.05) is 12.3 Å². The summed E-state index contributed by atoms with van der Waals surface area (Å²) in [6, 6.07) is 9.95. The average molecular weight is 419 g/mol. The Kier molecular flexibility index (Phi) is 4.95. The Hall–Kier alpha value is -3.95. The highest BCUT2D eigenvalue weighted by atomic mass is 19.1. The smallest absolute Gasteiger partial charge is 0.259 e. The Bertz CT molecular complexity index is 1210. The summed E-state index contributed by atoms with van der Waals surface area (Å²) in [4.78, 5) is 21.1. The minimum Gasteiger partial charge on any atom is -0.477 e. The molecule has 0 amide bonds. The number of ether oxygens (including phenoxy) is 1. The Morgan fingerprint density at radius 3 is 2.68 bits per heavy atom. The van der Waals surface area contributed by atoms with Crippen LogP contribution in [0.25, 0.3) is 23.1 Å². The molecule has 0 radical (unpaired) electrons. The molecule has 2 N–H and O–H groups in total. The van der Waals surface area contributed by atoms with Crippen molar-refractivity contribution in [3.63, 3.8) is 0 Å². The van der Waals surface area contributed by atoms with E-state index in [4.69, 9.17) is 15.0 Å². The number of nitrogens with zero attached hydrogens (tertiary/aromatic N) is 6. The van der Waals surface area contributed by atoms with E-state index in [-0.39, 0.29) is 35.7 Å². The fraction of sp³-hybridized carbons (Fsp3) is 0.238. The average Bonchev–Trinajstić information content (AvgIpc) is 3.47. The standard InChI is InChI=1S/C21H18FN7O2/c22-15-4-2-1-3-13(15)9-16-25-18(28-21(23)26-16)19-27-20(31-29-19)14-7-8-17(24-10-14)30-11-12-5-6-12/h1-4,7-8,10,12H,5-6,9,11H2,(H2,23,25,26,28). The number of aromatic nitrogens is 6. The fourth-order valence-electron chi connectivity index (χ4n) is 2.94. The topological polar surface area (TPSA) is 126 Å². The molecule has 4 aromatic rings. The number of anilines is 1. The highest BCUT2D eigenvalue weighted by molar-refractivity contribution is 5.55. The zero-order valence-electron chi connectivity index (χ0n) is 16.4. The molecule has 3 heterocycles. The summed E-state index contributed by atoms with van der Waals surface area (Å²) in [5, 5.41) is 3.93. The van der Waals surface area contributed by atoms with Gasteiger partial charge in [0.15, 0.2) is 0 Å². The number of halogens is 1. The molecule has 156 valence electrons. The van der Waals surface area contributed by atoms with Crippen LogP contribution in [-0.4, -0.2) is 36.7 Å². The first kappa shape index (κ1) is 19.0. The summed E-state index contributed by atoms with van der Waals surface area (Å²) in [6.45, 7) is 0.688. The second-order valence-corrected chi connectivity index (χ2v) is 7.26. The van der Waals surface area contributed by atoms with Gasteiger partial charge >= 0.3 is 0 Å². The number of hydrogen-bond acceptors (Lipinski definition) is 9. The van der Waals surface area contributed by atoms with Gasteiger partial charge in [0.05, 0.1) is 12.2 Å². The van der Waals surface area contributed by atoms with Crippen molar-refractivity contribution in [3.05, 3.63) is 59.8 Å². The molecule has 31 heavy (non-hydrogen) atoms. The Morgan fingerprint density at radius 1 is 1.03 bits per heavy atom. The second kappa shape index (κ2) is 8.05. The second-order valence-electron chi connectivity index (χ2n) is 7.26. The van der Waals surface area contributed by atoms with Gasteiger partial charge in [0.25, 0.3) is 5.89 Å². The Labute approximate surface area is 176 Å². The van der Waals surface area contributed by atoms with Gasteiger partial charge in [-0.2, -0.15) is 15.0 Å². The van der Waals surface area contributed by atoms with Gasteiger partial charge in [-0.15, -0.1) is 0 Å². The minimum atomic E-state index is -0.345. The lowest BCUT2D eigenvalue weighted by Crippen LogP contribution is -2.07. The van der Waals surface area contributed by atoms with Gasteiger partial charge < -0.3 is 15.0 Å². The van der Waals surface area contributed by atoms with Crippen LogP contribution >= 0.6 is 0 Å². The third-order valence-electron chi connectivity index (χ3n) is 4.78. The summed E-state index contributed by atoms with van der Waals surface area (Å²) in [7, 11) is 0. The molecule has 1 fully saturated rings. The van der Waals surface area contributed by atoms with Crippen LogP contribution < -0.4 is 10.5 Å². The zero-order valence-corrected chi connectivity index (χ0v) is 16.4. The molecule has 1 saturated carbocycles. The highest BCUT2D eigenvalue weighted by Crippen LogP contribution is 2.29. The minimum absolute atomic E-state index is 0.0125. The molecule has 0 aliphatic heterocycles. The van der Waals surface area contributed by atoms with Crippen LogP contribution in [0.2, 0.25) is 0 Å². The maximum atomic E-state index is 14.0. The molecule has 0 unspecified atom stereocenters. The summed E-state index contributed by atoms with van der Waals surface area (Å²) >= 11 is 0. The summed E-state index contributed by atoms with van der Waals surface area (Å²) in [5.41, 5.74) is 6.89. The number of rotatable bonds is 7. The lowest BCUT2D eigenvalue weighted by Gasteiger charge is -2.04. The quantitative estimate of drug-likeness (QED) is 0.481. The van der Waals surface area contributed by atoms with E-state index in [1.807, 2.05) is 0 Å². The molecule has 1 aromatic carbocycles. The number of benzene rings is 1. The zero-order chi connectivity index (χ0) is 21.2. The lowest BCUT2D eigenvalue weighted by atomic mass is 10.1. The summed E-state index contributed by atoms with van der Waals surface area (Å²) < 4.78 is 24.9. The van der Waals surface area contributed by atoms with Crippen molar-refractivity contribution < 1.29 is 13.7 Å². The first-order chi connectivity index (χ1) is 15.1. The fourth-order valence-corrected chi connectivity index (χ4v) is 2.94. The predicted molar refractivity (Wildman–Crippen MR) is 108 cm³/mol. The molecule has 1 aliphatic rings. The molecule has 0 spiro atoms. The first-order valence-electron chi connectivity index (χ1n) is 9.81. The van der Waals surface area contributed by atoms with E-state index in [1.54, 1.807) is 36.5 Å². The molecule has 0 saturated heterocycles. The Morgan fingerprint density at radius 2 is 1.90 bits per heavy atom. The molecule has 10 heteroatoms. The molecule has 0 atom stereocenters. The van der Waals surface area contributed by atoms with Crippen molar-refractivity contribution in [1.82, 2.24) is 30.1 Å². The molecule has 3 aromatic heterocycles. The molecule has 1 aliphatic carbocycles. The summed E-state index contributed by atoms with van der Waals surface area (Å²) in [6.07, 6.45) is 4.19. The van der Waals surface area contributed by atoms with Crippen LogP contribution in [0.5, 0.6) is 5.88 Å². The van der Waals surface area contributed by atoms with E-state index < -0.39 is 0 Å². The van der Waals surface area contributed by atoms with Crippen molar-refractivity contribution in [2.45, 2.75) is 19.3 Å². The number of hydrogen-bond donors (Lipinski definition) is 1. The van der Waals surface area contributed by atoms with Crippen LogP contribution in [0, 0.1) is 11.7 Å². The first-order valence-corrected chi connectivity index (χ1v) is 9.81. The van der Waals surface area contributed by atoms with Crippen LogP contribution in [0.4, 0.5) is 10.3 Å². The van der Waals surface area contributed by atoms with E-state index in [1.165, 1.54) is 18.9 Å². The molecular formula is C21H18FN7O2. The van der Waals surface area contributed by atoms with Gasteiger partial charge in [0, 0.05) is 18.7 Å². The van der Waals surface area contributed by atoms with Gasteiger partial charge in [0.1, 0.15) is 11.6 Å². The van der Waals surface area contributed by atoms with Gasteiger partial charge in [-0.1, -0.05) is 23.4 Å². The van der Waals surface area contributed by atoms with Crippen molar-refractivity contribution in [1.29, 1.82) is 0 Å². The van der Waals surface area contributed by atoms with Gasteiger partial charge in [-0.05, 0) is 36.5 Å². The van der Waals surface area contributed by atoms with E-state index >= 15 is 0 Å². The van der Waals surface area contributed by atoms with Crippen molar-refractivity contribution in [3.8, 4) is 29.0 Å². The third-order valence-corrected chi connectivity index (χ3v) is 4.78. The van der Waals surface area contributed by atoms with Gasteiger partial charge in [0.2, 0.25) is 23.5 Å². The molecule has 0 bridgehead atoms. The molecule has 9 nitrogen and oxygen atoms in total. The number of nitrogen functional groups attached to an aromatic ring is 1. The van der Waals surface area contributed by atoms with Crippen LogP contribution in [0.1, 0.15) is 24.2 Å². The number of pyridine rings is 1. The van der Waals surface area contributed by atoms with E-state index in [2.05, 4.69) is 30.1 Å². The molecule has 5 rings (SSSR count). The van der Waals surface area contributed by atoms with Gasteiger partial charge in [-0.3, -0.25) is 0 Å². The van der Waals surface area contributed by atoms with Crippen molar-refractivity contribution >= 4 is 5.95 Å². The SMILES string of the molecule is Nc1nc(Cc2ccccc2F)nc(-c2noc(-c3ccc(OCC4CC4)nc3)n2)n1. The summed E-state index contributed by atoms with van der Waals surface area (Å²) in [5.74, 6) is 1.70. The van der Waals surface area contributed by atoms with Gasteiger partial charge in [-0.25, -0.2) is 14.4 Å².